The summed E-state index contributed by atoms with van der Waals surface area (Å²) in [6.07, 6.45) is 4.57. The summed E-state index contributed by atoms with van der Waals surface area (Å²) in [5.41, 5.74) is 2.86. The van der Waals surface area contributed by atoms with Crippen LogP contribution in [0.1, 0.15) is 0 Å². The fourth-order valence-electron chi connectivity index (χ4n) is 2.13. The average molecular weight is 281 g/mol. The van der Waals surface area contributed by atoms with E-state index < -0.39 is 4.92 Å². The molecule has 0 saturated carbocycles. The quantitative estimate of drug-likeness (QED) is 0.568. The Bertz CT molecular complexity index is 794. The number of hydrogen-bond donors (Lipinski definition) is 2. The van der Waals surface area contributed by atoms with Crippen LogP contribution >= 0.6 is 0 Å². The number of phenolic OH excluding ortho intramolecular Hbond substituents is 1. The molecule has 2 heterocycles. The number of rotatable bonds is 3. The monoisotopic (exact) mass is 281 g/mol. The topological polar surface area (TPSA) is 92.0 Å². The number of pyridine rings is 1. The number of hydrogen-bond acceptors (Lipinski definition) is 4. The van der Waals surface area contributed by atoms with Crippen LogP contribution in [0.2, 0.25) is 0 Å². The molecule has 2 aromatic heterocycles. The zero-order valence-corrected chi connectivity index (χ0v) is 10.9. The Morgan fingerprint density at radius 3 is 2.62 bits per heavy atom. The molecule has 2 N–H and O–H groups in total. The molecule has 21 heavy (non-hydrogen) atoms. The Labute approximate surface area is 119 Å². The number of aromatic nitrogens is 2. The summed E-state index contributed by atoms with van der Waals surface area (Å²) >= 11 is 0. The Kier molecular flexibility index (Phi) is 3.12. The molecule has 0 fully saturated rings. The van der Waals surface area contributed by atoms with E-state index in [1.807, 2.05) is 6.07 Å². The van der Waals surface area contributed by atoms with Gasteiger partial charge in [-0.1, -0.05) is 0 Å². The van der Waals surface area contributed by atoms with E-state index in [0.717, 1.165) is 11.3 Å². The third-order valence-electron chi connectivity index (χ3n) is 3.17. The van der Waals surface area contributed by atoms with Gasteiger partial charge in [-0.15, -0.1) is 0 Å². The fraction of sp³-hybridized carbons (Fsp3) is 0. The van der Waals surface area contributed by atoms with Gasteiger partial charge >= 0.3 is 0 Å². The number of phenols is 1. The number of benzene rings is 1. The number of nitro groups is 1. The van der Waals surface area contributed by atoms with Gasteiger partial charge in [0.15, 0.2) is 0 Å². The van der Waals surface area contributed by atoms with Crippen LogP contribution in [-0.2, 0) is 0 Å². The first-order chi connectivity index (χ1) is 10.1. The first kappa shape index (κ1) is 12.9. The minimum Gasteiger partial charge on any atom is -0.508 e. The predicted molar refractivity (Wildman–Crippen MR) is 77.8 cm³/mol. The lowest BCUT2D eigenvalue weighted by Crippen LogP contribution is -1.91. The van der Waals surface area contributed by atoms with Crippen LogP contribution in [-0.4, -0.2) is 20.0 Å². The lowest BCUT2D eigenvalue weighted by atomic mass is 10.1. The highest BCUT2D eigenvalue weighted by Gasteiger charge is 2.16. The van der Waals surface area contributed by atoms with E-state index in [0.29, 0.717) is 11.1 Å². The van der Waals surface area contributed by atoms with Crippen molar-refractivity contribution in [1.29, 1.82) is 0 Å². The molecule has 0 saturated heterocycles. The molecule has 3 aromatic rings. The van der Waals surface area contributed by atoms with Crippen LogP contribution in [0, 0.1) is 10.1 Å². The van der Waals surface area contributed by atoms with Gasteiger partial charge in [0.05, 0.1) is 10.5 Å². The SMILES string of the molecule is O=[N+]([O-])c1ccncc1-c1c[nH]c(-c2ccc(O)cc2)c1. The number of nitrogens with one attached hydrogen (secondary N) is 1. The Hall–Kier alpha value is -3.15. The summed E-state index contributed by atoms with van der Waals surface area (Å²) in [4.78, 5) is 17.6. The molecule has 0 aliphatic carbocycles. The van der Waals surface area contributed by atoms with Gasteiger partial charge in [-0.2, -0.15) is 0 Å². The maximum absolute atomic E-state index is 11.0. The highest BCUT2D eigenvalue weighted by Crippen LogP contribution is 2.31. The molecule has 1 aromatic carbocycles. The maximum atomic E-state index is 11.0. The van der Waals surface area contributed by atoms with Crippen molar-refractivity contribution < 1.29 is 10.0 Å². The van der Waals surface area contributed by atoms with E-state index in [1.54, 1.807) is 30.5 Å². The van der Waals surface area contributed by atoms with Gasteiger partial charge in [0, 0.05) is 35.9 Å². The standard InChI is InChI=1S/C15H11N3O3/c19-12-3-1-10(2-4-12)14-7-11(8-17-14)13-9-16-6-5-15(13)18(20)21/h1-9,17,19H. The highest BCUT2D eigenvalue weighted by atomic mass is 16.6. The van der Waals surface area contributed by atoms with Crippen molar-refractivity contribution in [2.75, 3.05) is 0 Å². The summed E-state index contributed by atoms with van der Waals surface area (Å²) < 4.78 is 0. The van der Waals surface area contributed by atoms with Crippen LogP contribution < -0.4 is 0 Å². The Morgan fingerprint density at radius 2 is 1.90 bits per heavy atom. The van der Waals surface area contributed by atoms with E-state index in [4.69, 9.17) is 0 Å². The fourth-order valence-corrected chi connectivity index (χ4v) is 2.13. The van der Waals surface area contributed by atoms with Gasteiger partial charge in [-0.3, -0.25) is 15.1 Å². The normalized spacial score (nSPS) is 10.5. The summed E-state index contributed by atoms with van der Waals surface area (Å²) in [6.45, 7) is 0. The van der Waals surface area contributed by atoms with E-state index in [-0.39, 0.29) is 11.4 Å². The summed E-state index contributed by atoms with van der Waals surface area (Å²) in [5.74, 6) is 0.188. The molecule has 3 rings (SSSR count). The van der Waals surface area contributed by atoms with Gasteiger partial charge in [0.25, 0.3) is 5.69 Å². The van der Waals surface area contributed by atoms with E-state index in [9.17, 15) is 15.2 Å². The first-order valence-corrected chi connectivity index (χ1v) is 6.22. The molecule has 0 aliphatic heterocycles. The zero-order chi connectivity index (χ0) is 14.8. The van der Waals surface area contributed by atoms with E-state index in [2.05, 4.69) is 9.97 Å². The molecule has 0 unspecified atom stereocenters. The number of H-pyrrole nitrogens is 1. The van der Waals surface area contributed by atoms with E-state index >= 15 is 0 Å². The van der Waals surface area contributed by atoms with Crippen LogP contribution in [0.5, 0.6) is 5.75 Å². The van der Waals surface area contributed by atoms with Gasteiger partial charge < -0.3 is 10.1 Å². The minimum absolute atomic E-state index is 0.0151. The van der Waals surface area contributed by atoms with Crippen LogP contribution in [0.25, 0.3) is 22.4 Å². The molecule has 0 spiro atoms. The van der Waals surface area contributed by atoms with Crippen molar-refractivity contribution in [1.82, 2.24) is 9.97 Å². The zero-order valence-electron chi connectivity index (χ0n) is 10.9. The lowest BCUT2D eigenvalue weighted by Gasteiger charge is -1.99. The smallest absolute Gasteiger partial charge is 0.280 e. The third kappa shape index (κ3) is 2.46. The Morgan fingerprint density at radius 1 is 1.14 bits per heavy atom. The van der Waals surface area contributed by atoms with Crippen LogP contribution in [0.4, 0.5) is 5.69 Å². The predicted octanol–water partition coefficient (Wildman–Crippen LogP) is 3.36. The molecular weight excluding hydrogens is 270 g/mol. The molecule has 0 radical (unpaired) electrons. The molecule has 6 heteroatoms. The molecule has 0 atom stereocenters. The van der Waals surface area contributed by atoms with Crippen molar-refractivity contribution in [3.8, 4) is 28.1 Å². The van der Waals surface area contributed by atoms with Gasteiger partial charge in [-0.05, 0) is 35.9 Å². The number of nitrogens with zero attached hydrogens (tertiary/aromatic N) is 2. The largest absolute Gasteiger partial charge is 0.508 e. The first-order valence-electron chi connectivity index (χ1n) is 6.22. The van der Waals surface area contributed by atoms with E-state index in [1.165, 1.54) is 18.5 Å². The molecule has 104 valence electrons. The van der Waals surface area contributed by atoms with Gasteiger partial charge in [-0.25, -0.2) is 0 Å². The van der Waals surface area contributed by atoms with Gasteiger partial charge in [0.1, 0.15) is 5.75 Å². The summed E-state index contributed by atoms with van der Waals surface area (Å²) in [6, 6.07) is 9.90. The Balaban J connectivity index is 2.03. The third-order valence-corrected chi connectivity index (χ3v) is 3.17. The molecular formula is C15H11N3O3. The highest BCUT2D eigenvalue weighted by molar-refractivity contribution is 5.76. The van der Waals surface area contributed by atoms with Crippen LogP contribution in [0.3, 0.4) is 0 Å². The maximum Gasteiger partial charge on any atom is 0.280 e. The lowest BCUT2D eigenvalue weighted by molar-refractivity contribution is -0.384. The van der Waals surface area contributed by atoms with Crippen molar-refractivity contribution in [2.24, 2.45) is 0 Å². The van der Waals surface area contributed by atoms with Gasteiger partial charge in [0.2, 0.25) is 0 Å². The second kappa shape index (κ2) is 5.09. The second-order valence-corrected chi connectivity index (χ2v) is 4.50. The molecule has 6 nitrogen and oxygen atoms in total. The summed E-state index contributed by atoms with van der Waals surface area (Å²) in [5, 5.41) is 20.3. The molecule has 0 aliphatic rings. The van der Waals surface area contributed by atoms with Crippen molar-refractivity contribution in [2.45, 2.75) is 0 Å². The van der Waals surface area contributed by atoms with Crippen molar-refractivity contribution >= 4 is 5.69 Å². The van der Waals surface area contributed by atoms with Crippen LogP contribution in [0.15, 0.2) is 55.0 Å². The molecule has 0 bridgehead atoms. The summed E-state index contributed by atoms with van der Waals surface area (Å²) in [7, 11) is 0. The average Bonchev–Trinajstić information content (AvgIpc) is 2.97. The molecule has 0 amide bonds. The van der Waals surface area contributed by atoms with Crippen molar-refractivity contribution in [3.05, 3.63) is 65.1 Å². The van der Waals surface area contributed by atoms with Crippen molar-refractivity contribution in [3.63, 3.8) is 0 Å². The second-order valence-electron chi connectivity index (χ2n) is 4.50. The number of aromatic amines is 1. The number of aromatic hydroxyl groups is 1. The minimum atomic E-state index is -0.426.